The Kier molecular flexibility index (Phi) is 6.17. The predicted octanol–water partition coefficient (Wildman–Crippen LogP) is 2.04. The Labute approximate surface area is 169 Å². The van der Waals surface area contributed by atoms with E-state index in [-0.39, 0.29) is 18.1 Å². The topological polar surface area (TPSA) is 67.8 Å². The molecule has 1 amide bonds. The van der Waals surface area contributed by atoms with E-state index in [4.69, 9.17) is 21.1 Å². The number of aromatic nitrogens is 2. The van der Waals surface area contributed by atoms with Crippen molar-refractivity contribution in [2.24, 2.45) is 0 Å². The molecule has 28 heavy (non-hydrogen) atoms. The van der Waals surface area contributed by atoms with Gasteiger partial charge in [-0.15, -0.1) is 0 Å². The molecule has 2 fully saturated rings. The fraction of sp³-hybridized carbons (Fsp3) is 0.450. The van der Waals surface area contributed by atoms with E-state index < -0.39 is 0 Å². The van der Waals surface area contributed by atoms with Crippen LogP contribution in [0.25, 0.3) is 0 Å². The Morgan fingerprint density at radius 3 is 2.75 bits per heavy atom. The maximum absolute atomic E-state index is 13.3. The van der Waals surface area contributed by atoms with Crippen LogP contribution in [-0.4, -0.2) is 77.8 Å². The second kappa shape index (κ2) is 8.96. The minimum Gasteiger partial charge on any atom is -0.379 e. The van der Waals surface area contributed by atoms with Crippen LogP contribution in [0.3, 0.4) is 0 Å². The van der Waals surface area contributed by atoms with E-state index >= 15 is 0 Å². The molecule has 0 radical (unpaired) electrons. The van der Waals surface area contributed by atoms with Crippen molar-refractivity contribution in [3.05, 3.63) is 59.1 Å². The number of hydrogen-bond acceptors (Lipinski definition) is 6. The van der Waals surface area contributed by atoms with Crippen LogP contribution in [0.1, 0.15) is 22.0 Å². The normalized spacial score (nSPS) is 23.5. The molecule has 2 aliphatic heterocycles. The number of morpholine rings is 2. The summed E-state index contributed by atoms with van der Waals surface area (Å²) in [5.41, 5.74) is 1.44. The molecule has 0 N–H and O–H groups in total. The molecule has 0 spiro atoms. The number of hydrogen-bond donors (Lipinski definition) is 0. The van der Waals surface area contributed by atoms with Gasteiger partial charge in [-0.25, -0.2) is 0 Å². The number of pyridine rings is 2. The maximum atomic E-state index is 13.3. The minimum absolute atomic E-state index is 0.0980. The van der Waals surface area contributed by atoms with Gasteiger partial charge in [-0.05, 0) is 17.7 Å². The van der Waals surface area contributed by atoms with Crippen LogP contribution in [0.2, 0.25) is 5.02 Å². The fourth-order valence-corrected chi connectivity index (χ4v) is 3.97. The number of amides is 1. The highest BCUT2D eigenvalue weighted by Crippen LogP contribution is 2.31. The van der Waals surface area contributed by atoms with Gasteiger partial charge in [-0.3, -0.25) is 19.7 Å². The quantitative estimate of drug-likeness (QED) is 0.779. The minimum atomic E-state index is -0.225. The second-order valence-corrected chi connectivity index (χ2v) is 7.38. The van der Waals surface area contributed by atoms with Crippen LogP contribution in [0.15, 0.2) is 43.0 Å². The van der Waals surface area contributed by atoms with Gasteiger partial charge < -0.3 is 14.4 Å². The zero-order valence-electron chi connectivity index (χ0n) is 15.5. The summed E-state index contributed by atoms with van der Waals surface area (Å²) in [6.07, 6.45) is 6.48. The Hall–Kier alpha value is -2.06. The molecule has 4 rings (SSSR count). The van der Waals surface area contributed by atoms with E-state index in [0.717, 1.165) is 38.4 Å². The Bertz CT molecular complexity index is 801. The van der Waals surface area contributed by atoms with Crippen molar-refractivity contribution in [2.45, 2.75) is 12.1 Å². The highest BCUT2D eigenvalue weighted by atomic mass is 35.5. The van der Waals surface area contributed by atoms with Gasteiger partial charge in [0.15, 0.2) is 0 Å². The van der Waals surface area contributed by atoms with Crippen molar-refractivity contribution in [1.82, 2.24) is 19.8 Å². The lowest BCUT2D eigenvalue weighted by atomic mass is 9.98. The van der Waals surface area contributed by atoms with Crippen molar-refractivity contribution in [3.63, 3.8) is 0 Å². The van der Waals surface area contributed by atoms with Crippen molar-refractivity contribution in [1.29, 1.82) is 0 Å². The molecule has 0 aromatic carbocycles. The summed E-state index contributed by atoms with van der Waals surface area (Å²) in [4.78, 5) is 25.8. The first-order valence-corrected chi connectivity index (χ1v) is 9.83. The summed E-state index contributed by atoms with van der Waals surface area (Å²) in [6, 6.07) is 5.31. The van der Waals surface area contributed by atoms with Crippen molar-refractivity contribution in [3.8, 4) is 0 Å². The van der Waals surface area contributed by atoms with Crippen LogP contribution in [0, 0.1) is 0 Å². The molecular formula is C20H23ClN4O3. The van der Waals surface area contributed by atoms with Crippen molar-refractivity contribution >= 4 is 17.5 Å². The zero-order valence-corrected chi connectivity index (χ0v) is 16.3. The first-order valence-electron chi connectivity index (χ1n) is 9.45. The Morgan fingerprint density at radius 2 is 2.00 bits per heavy atom. The average molecular weight is 403 g/mol. The van der Waals surface area contributed by atoms with E-state index in [9.17, 15) is 4.79 Å². The van der Waals surface area contributed by atoms with Crippen LogP contribution in [0.5, 0.6) is 0 Å². The van der Waals surface area contributed by atoms with Gasteiger partial charge in [0.2, 0.25) is 0 Å². The summed E-state index contributed by atoms with van der Waals surface area (Å²) in [5, 5.41) is 0.446. The lowest BCUT2D eigenvalue weighted by Crippen LogP contribution is -2.53. The fourth-order valence-electron chi connectivity index (χ4n) is 3.79. The molecule has 148 valence electrons. The van der Waals surface area contributed by atoms with Gasteiger partial charge in [-0.1, -0.05) is 17.7 Å². The molecule has 0 unspecified atom stereocenters. The zero-order chi connectivity index (χ0) is 19.3. The third kappa shape index (κ3) is 4.33. The van der Waals surface area contributed by atoms with Crippen LogP contribution in [0.4, 0.5) is 0 Å². The average Bonchev–Trinajstić information content (AvgIpc) is 2.74. The molecule has 2 aliphatic rings. The molecule has 2 aromatic heterocycles. The second-order valence-electron chi connectivity index (χ2n) is 6.94. The summed E-state index contributed by atoms with van der Waals surface area (Å²) < 4.78 is 11.6. The molecule has 2 aromatic rings. The molecule has 4 heterocycles. The van der Waals surface area contributed by atoms with Crippen LogP contribution in [-0.2, 0) is 9.47 Å². The highest BCUT2D eigenvalue weighted by Gasteiger charge is 2.38. The first-order chi connectivity index (χ1) is 13.7. The van der Waals surface area contributed by atoms with E-state index in [2.05, 4.69) is 14.9 Å². The summed E-state index contributed by atoms with van der Waals surface area (Å²) >= 11 is 6.05. The van der Waals surface area contributed by atoms with Gasteiger partial charge in [0.25, 0.3) is 5.91 Å². The number of carbonyl (C=O) groups excluding carboxylic acids is 1. The van der Waals surface area contributed by atoms with Crippen LogP contribution >= 0.6 is 11.6 Å². The largest absolute Gasteiger partial charge is 0.379 e. The monoisotopic (exact) mass is 402 g/mol. The number of rotatable bonds is 4. The third-order valence-electron chi connectivity index (χ3n) is 5.13. The number of nitrogens with zero attached hydrogens (tertiary/aromatic N) is 4. The highest BCUT2D eigenvalue weighted by molar-refractivity contribution is 6.30. The van der Waals surface area contributed by atoms with E-state index in [1.807, 2.05) is 23.2 Å². The summed E-state index contributed by atoms with van der Waals surface area (Å²) in [6.45, 7) is 4.91. The van der Waals surface area contributed by atoms with Crippen molar-refractivity contribution in [2.75, 3.05) is 46.0 Å². The smallest absolute Gasteiger partial charge is 0.256 e. The van der Waals surface area contributed by atoms with E-state index in [1.54, 1.807) is 18.5 Å². The van der Waals surface area contributed by atoms with E-state index in [1.165, 1.54) is 6.20 Å². The maximum Gasteiger partial charge on any atom is 0.256 e. The SMILES string of the molecule is O=C(c1cncc(Cl)c1)N1CCO[C@@H](CN2CCOCC2)[C@@H]1c1cccnc1. The lowest BCUT2D eigenvalue weighted by molar-refractivity contribution is -0.0819. The molecule has 7 nitrogen and oxygen atoms in total. The molecule has 2 atom stereocenters. The summed E-state index contributed by atoms with van der Waals surface area (Å²) in [7, 11) is 0. The number of carbonyl (C=O) groups is 1. The van der Waals surface area contributed by atoms with Gasteiger partial charge in [0.1, 0.15) is 0 Å². The lowest BCUT2D eigenvalue weighted by Gasteiger charge is -2.43. The predicted molar refractivity (Wildman–Crippen MR) is 104 cm³/mol. The molecule has 0 aliphatic carbocycles. The standard InChI is InChI=1S/C20H23ClN4O3/c21-17-10-16(12-23-13-17)20(26)25-6-9-28-18(14-24-4-7-27-8-5-24)19(25)15-2-1-3-22-11-15/h1-3,10-13,18-19H,4-9,14H2/t18-,19-/m0/s1. The van der Waals surface area contributed by atoms with Gasteiger partial charge in [-0.2, -0.15) is 0 Å². The third-order valence-corrected chi connectivity index (χ3v) is 5.34. The van der Waals surface area contributed by atoms with Crippen molar-refractivity contribution < 1.29 is 14.3 Å². The number of halogens is 1. The number of ether oxygens (including phenoxy) is 2. The van der Waals surface area contributed by atoms with Gasteiger partial charge in [0, 0.05) is 51.0 Å². The summed E-state index contributed by atoms with van der Waals surface area (Å²) in [5.74, 6) is -0.0980. The molecule has 0 saturated carbocycles. The first kappa shape index (κ1) is 19.3. The van der Waals surface area contributed by atoms with Crippen LogP contribution < -0.4 is 0 Å². The molecule has 8 heteroatoms. The van der Waals surface area contributed by atoms with E-state index in [0.29, 0.717) is 23.7 Å². The molecule has 0 bridgehead atoms. The Balaban J connectivity index is 1.62. The van der Waals surface area contributed by atoms with Gasteiger partial charge >= 0.3 is 0 Å². The molecular weight excluding hydrogens is 380 g/mol. The Morgan fingerprint density at radius 1 is 1.14 bits per heavy atom. The van der Waals surface area contributed by atoms with Gasteiger partial charge in [0.05, 0.1) is 42.6 Å². The molecule has 2 saturated heterocycles.